The number of rotatable bonds is 2. The SMILES string of the molecule is CC.CC.CC(=O)C1CCCC1.CCc1cnc(N)cn1. The van der Waals surface area contributed by atoms with Crippen LogP contribution in [0, 0.1) is 5.92 Å². The Morgan fingerprint density at radius 3 is 1.95 bits per heavy atom. The van der Waals surface area contributed by atoms with E-state index in [2.05, 4.69) is 9.97 Å². The smallest absolute Gasteiger partial charge is 0.141 e. The minimum atomic E-state index is 0.391. The molecule has 1 aliphatic rings. The predicted molar refractivity (Wildman–Crippen MR) is 91.2 cm³/mol. The number of carbonyl (C=O) groups excluding carboxylic acids is 1. The van der Waals surface area contributed by atoms with Crippen LogP contribution in [0.3, 0.4) is 0 Å². The largest absolute Gasteiger partial charge is 0.382 e. The van der Waals surface area contributed by atoms with Crippen LogP contribution in [0.1, 0.15) is 72.9 Å². The summed E-state index contributed by atoms with van der Waals surface area (Å²) in [5.41, 5.74) is 6.28. The molecule has 0 radical (unpaired) electrons. The van der Waals surface area contributed by atoms with Crippen molar-refractivity contribution in [1.82, 2.24) is 9.97 Å². The summed E-state index contributed by atoms with van der Waals surface area (Å²) in [5.74, 6) is 1.30. The van der Waals surface area contributed by atoms with E-state index in [4.69, 9.17) is 5.73 Å². The van der Waals surface area contributed by atoms with Crippen molar-refractivity contribution < 1.29 is 4.79 Å². The molecule has 1 fully saturated rings. The highest BCUT2D eigenvalue weighted by molar-refractivity contribution is 5.78. The van der Waals surface area contributed by atoms with Crippen LogP contribution in [0.2, 0.25) is 0 Å². The maximum atomic E-state index is 10.6. The molecule has 0 atom stereocenters. The molecule has 0 spiro atoms. The number of carbonyl (C=O) groups is 1. The summed E-state index contributed by atoms with van der Waals surface area (Å²) in [6.45, 7) is 11.7. The van der Waals surface area contributed by atoms with Crippen molar-refractivity contribution in [3.05, 3.63) is 18.1 Å². The molecule has 1 heterocycles. The van der Waals surface area contributed by atoms with Crippen LogP contribution in [0.15, 0.2) is 12.4 Å². The van der Waals surface area contributed by atoms with Crippen molar-refractivity contribution in [3.8, 4) is 0 Å². The number of aromatic nitrogens is 2. The van der Waals surface area contributed by atoms with Gasteiger partial charge in [0.25, 0.3) is 0 Å². The lowest BCUT2D eigenvalue weighted by Gasteiger charge is -1.99. The van der Waals surface area contributed by atoms with Gasteiger partial charge in [0, 0.05) is 5.92 Å². The van der Waals surface area contributed by atoms with Crippen LogP contribution in [-0.2, 0) is 11.2 Å². The summed E-state index contributed by atoms with van der Waals surface area (Å²) in [4.78, 5) is 18.5. The van der Waals surface area contributed by atoms with Gasteiger partial charge in [-0.25, -0.2) is 4.98 Å². The van der Waals surface area contributed by atoms with E-state index in [0.29, 0.717) is 17.5 Å². The molecule has 21 heavy (non-hydrogen) atoms. The molecule has 1 aliphatic carbocycles. The Bertz CT molecular complexity index is 344. The Morgan fingerprint density at radius 1 is 1.14 bits per heavy atom. The van der Waals surface area contributed by atoms with E-state index in [0.717, 1.165) is 25.0 Å². The Balaban J connectivity index is 0. The first-order valence-electron chi connectivity index (χ1n) is 8.20. The third-order valence-electron chi connectivity index (χ3n) is 3.02. The number of nitrogens with zero attached hydrogens (tertiary/aromatic N) is 2. The molecule has 1 saturated carbocycles. The van der Waals surface area contributed by atoms with Gasteiger partial charge >= 0.3 is 0 Å². The zero-order chi connectivity index (χ0) is 16.7. The van der Waals surface area contributed by atoms with Crippen molar-refractivity contribution in [2.24, 2.45) is 5.92 Å². The Labute approximate surface area is 130 Å². The molecular weight excluding hydrogens is 262 g/mol. The van der Waals surface area contributed by atoms with E-state index < -0.39 is 0 Å². The molecule has 2 rings (SSSR count). The number of Topliss-reactive ketones (excluding diaryl/α,β-unsaturated/α-hetero) is 1. The first-order chi connectivity index (χ1) is 10.1. The highest BCUT2D eigenvalue weighted by Gasteiger charge is 2.18. The van der Waals surface area contributed by atoms with Gasteiger partial charge in [0.1, 0.15) is 11.6 Å². The summed E-state index contributed by atoms with van der Waals surface area (Å²) >= 11 is 0. The lowest BCUT2D eigenvalue weighted by Crippen LogP contribution is -2.04. The monoisotopic (exact) mass is 295 g/mol. The van der Waals surface area contributed by atoms with Gasteiger partial charge in [0.15, 0.2) is 0 Å². The topological polar surface area (TPSA) is 68.9 Å². The molecule has 4 heteroatoms. The van der Waals surface area contributed by atoms with E-state index >= 15 is 0 Å². The standard InChI is InChI=1S/C7H12O.C6H9N3.2C2H6/c1-6(8)7-4-2-3-5-7;1-2-5-3-9-6(7)4-8-5;2*1-2/h7H,2-5H2,1H3;3-4H,2H2,1H3,(H2,7,9);2*1-2H3. The Kier molecular flexibility index (Phi) is 15.5. The maximum Gasteiger partial charge on any atom is 0.141 e. The fourth-order valence-electron chi connectivity index (χ4n) is 1.88. The van der Waals surface area contributed by atoms with E-state index in [9.17, 15) is 4.79 Å². The minimum Gasteiger partial charge on any atom is -0.382 e. The van der Waals surface area contributed by atoms with E-state index in [1.807, 2.05) is 34.6 Å². The molecule has 0 bridgehead atoms. The summed E-state index contributed by atoms with van der Waals surface area (Å²) in [5, 5.41) is 0. The number of aryl methyl sites for hydroxylation is 1. The zero-order valence-corrected chi connectivity index (χ0v) is 14.6. The number of hydrogen-bond donors (Lipinski definition) is 1. The second-order valence-corrected chi connectivity index (χ2v) is 4.38. The highest BCUT2D eigenvalue weighted by Crippen LogP contribution is 2.24. The predicted octanol–water partition coefficient (Wildman–Crippen LogP) is 4.44. The molecule has 1 aromatic heterocycles. The molecule has 0 amide bonds. The first kappa shape index (κ1) is 21.8. The number of ketones is 1. The van der Waals surface area contributed by atoms with Crippen molar-refractivity contribution >= 4 is 11.6 Å². The summed E-state index contributed by atoms with van der Waals surface area (Å²) in [7, 11) is 0. The van der Waals surface area contributed by atoms with Gasteiger partial charge in [-0.3, -0.25) is 9.78 Å². The fraction of sp³-hybridized carbons (Fsp3) is 0.706. The van der Waals surface area contributed by atoms with Gasteiger partial charge in [-0.2, -0.15) is 0 Å². The van der Waals surface area contributed by atoms with Crippen LogP contribution < -0.4 is 5.73 Å². The van der Waals surface area contributed by atoms with Gasteiger partial charge in [-0.05, 0) is 26.2 Å². The average Bonchev–Trinajstić information content (AvgIpc) is 3.07. The van der Waals surface area contributed by atoms with Crippen molar-refractivity contribution in [3.63, 3.8) is 0 Å². The molecule has 0 aliphatic heterocycles. The summed E-state index contributed by atoms with van der Waals surface area (Å²) in [6.07, 6.45) is 9.00. The van der Waals surface area contributed by atoms with E-state index in [1.165, 1.54) is 12.8 Å². The fourth-order valence-corrected chi connectivity index (χ4v) is 1.88. The first-order valence-corrected chi connectivity index (χ1v) is 8.20. The molecule has 0 unspecified atom stereocenters. The summed E-state index contributed by atoms with van der Waals surface area (Å²) in [6, 6.07) is 0. The van der Waals surface area contributed by atoms with Crippen LogP contribution in [0.4, 0.5) is 5.82 Å². The molecule has 1 aromatic rings. The van der Waals surface area contributed by atoms with Gasteiger partial charge in [-0.1, -0.05) is 47.5 Å². The summed E-state index contributed by atoms with van der Waals surface area (Å²) < 4.78 is 0. The molecule has 0 aromatic carbocycles. The molecule has 0 saturated heterocycles. The van der Waals surface area contributed by atoms with Crippen LogP contribution >= 0.6 is 0 Å². The van der Waals surface area contributed by atoms with Gasteiger partial charge in [0.2, 0.25) is 0 Å². The zero-order valence-electron chi connectivity index (χ0n) is 14.6. The van der Waals surface area contributed by atoms with Crippen molar-refractivity contribution in [2.75, 3.05) is 5.73 Å². The number of anilines is 1. The molecule has 2 N–H and O–H groups in total. The third kappa shape index (κ3) is 10.9. The third-order valence-corrected chi connectivity index (χ3v) is 3.02. The highest BCUT2D eigenvalue weighted by atomic mass is 16.1. The minimum absolute atomic E-state index is 0.391. The Morgan fingerprint density at radius 2 is 1.67 bits per heavy atom. The number of nitrogen functional groups attached to an aromatic ring is 1. The lowest BCUT2D eigenvalue weighted by atomic mass is 10.0. The Hall–Kier alpha value is -1.45. The quantitative estimate of drug-likeness (QED) is 0.875. The maximum absolute atomic E-state index is 10.6. The second kappa shape index (κ2) is 14.9. The van der Waals surface area contributed by atoms with E-state index in [1.54, 1.807) is 19.3 Å². The second-order valence-electron chi connectivity index (χ2n) is 4.38. The van der Waals surface area contributed by atoms with Crippen LogP contribution in [0.25, 0.3) is 0 Å². The van der Waals surface area contributed by atoms with Crippen molar-refractivity contribution in [1.29, 1.82) is 0 Å². The molecule has 4 nitrogen and oxygen atoms in total. The van der Waals surface area contributed by atoms with Gasteiger partial charge in [-0.15, -0.1) is 0 Å². The molecule has 122 valence electrons. The number of hydrogen-bond acceptors (Lipinski definition) is 4. The van der Waals surface area contributed by atoms with Crippen molar-refractivity contribution in [2.45, 2.75) is 73.6 Å². The van der Waals surface area contributed by atoms with E-state index in [-0.39, 0.29) is 0 Å². The van der Waals surface area contributed by atoms with Gasteiger partial charge < -0.3 is 5.73 Å². The van der Waals surface area contributed by atoms with Crippen LogP contribution in [0.5, 0.6) is 0 Å². The normalized spacial score (nSPS) is 12.9. The van der Waals surface area contributed by atoms with Gasteiger partial charge in [0.05, 0.1) is 18.1 Å². The average molecular weight is 295 g/mol. The van der Waals surface area contributed by atoms with Crippen LogP contribution in [-0.4, -0.2) is 15.8 Å². The molecular formula is C17H33N3O. The number of nitrogens with two attached hydrogens (primary N) is 1. The lowest BCUT2D eigenvalue weighted by molar-refractivity contribution is -0.120.